The molecule has 1 aliphatic rings. The summed E-state index contributed by atoms with van der Waals surface area (Å²) in [5.74, 6) is -0.789. The lowest BCUT2D eigenvalue weighted by Gasteiger charge is -1.95. The maximum absolute atomic E-state index is 11.1. The third kappa shape index (κ3) is 3.64. The number of rotatable bonds is 3. The number of carbonyl (C=O) groups excluding carboxylic acids is 2. The Hall–Kier alpha value is -0.880. The molecule has 0 bridgehead atoms. The number of ether oxygens (including phenoxy) is 2. The molecule has 0 unspecified atom stereocenters. The Kier molecular flexibility index (Phi) is 4.77. The lowest BCUT2D eigenvalue weighted by molar-refractivity contribution is -0.137. The van der Waals surface area contributed by atoms with Crippen LogP contribution in [0.3, 0.4) is 0 Å². The highest BCUT2D eigenvalue weighted by Gasteiger charge is 2.19. The summed E-state index contributed by atoms with van der Waals surface area (Å²) in [7, 11) is 3.92. The predicted octanol–water partition coefficient (Wildman–Crippen LogP) is 1.89. The molecule has 0 fully saturated rings. The molecule has 0 spiro atoms. The van der Waals surface area contributed by atoms with Crippen molar-refractivity contribution < 1.29 is 19.1 Å². The van der Waals surface area contributed by atoms with Gasteiger partial charge in [0, 0.05) is 11.0 Å². The molecule has 0 radical (unpaired) electrons. The van der Waals surface area contributed by atoms with Crippen molar-refractivity contribution in [2.75, 3.05) is 13.7 Å². The van der Waals surface area contributed by atoms with Gasteiger partial charge in [0.25, 0.3) is 0 Å². The standard InChI is InChI=1S/C9H10O4S2/c1-3-13-8(10)5-6-4-7(15-14-6)9(11)12-2/h4-5H,3H2,1-2H3/b6-5-. The quantitative estimate of drug-likeness (QED) is 0.430. The highest BCUT2D eigenvalue weighted by molar-refractivity contribution is 8.80. The summed E-state index contributed by atoms with van der Waals surface area (Å²) in [6.07, 6.45) is 2.97. The summed E-state index contributed by atoms with van der Waals surface area (Å²) in [4.78, 5) is 23.4. The molecular formula is C9H10O4S2. The number of hydrogen-bond acceptors (Lipinski definition) is 6. The van der Waals surface area contributed by atoms with Gasteiger partial charge in [0.1, 0.15) is 4.91 Å². The molecule has 15 heavy (non-hydrogen) atoms. The van der Waals surface area contributed by atoms with E-state index in [4.69, 9.17) is 4.74 Å². The van der Waals surface area contributed by atoms with E-state index in [1.807, 2.05) is 0 Å². The van der Waals surface area contributed by atoms with Crippen molar-refractivity contribution in [2.45, 2.75) is 6.92 Å². The minimum Gasteiger partial charge on any atom is -0.465 e. The van der Waals surface area contributed by atoms with Crippen molar-refractivity contribution in [3.8, 4) is 0 Å². The molecule has 0 saturated carbocycles. The molecule has 0 aromatic heterocycles. The van der Waals surface area contributed by atoms with Gasteiger partial charge >= 0.3 is 11.9 Å². The average molecular weight is 246 g/mol. The fourth-order valence-corrected chi connectivity index (χ4v) is 2.92. The molecule has 0 aromatic rings. The number of methoxy groups -OCH3 is 1. The van der Waals surface area contributed by atoms with Crippen LogP contribution in [0.5, 0.6) is 0 Å². The summed E-state index contributed by atoms with van der Waals surface area (Å²) in [6, 6.07) is 0. The third-order valence-corrected chi connectivity index (χ3v) is 3.78. The minimum absolute atomic E-state index is 0.341. The molecule has 1 heterocycles. The number of carbonyl (C=O) groups is 2. The molecule has 4 nitrogen and oxygen atoms in total. The van der Waals surface area contributed by atoms with Crippen molar-refractivity contribution in [3.63, 3.8) is 0 Å². The van der Waals surface area contributed by atoms with Crippen LogP contribution in [-0.4, -0.2) is 25.7 Å². The highest BCUT2D eigenvalue weighted by Crippen LogP contribution is 2.44. The summed E-state index contributed by atoms with van der Waals surface area (Å²) in [6.45, 7) is 2.08. The zero-order valence-electron chi connectivity index (χ0n) is 8.31. The lowest BCUT2D eigenvalue weighted by atomic mass is 10.4. The van der Waals surface area contributed by atoms with Crippen molar-refractivity contribution in [1.82, 2.24) is 0 Å². The highest BCUT2D eigenvalue weighted by atomic mass is 33.1. The van der Waals surface area contributed by atoms with Gasteiger partial charge in [-0.2, -0.15) is 0 Å². The molecular weight excluding hydrogens is 236 g/mol. The molecule has 1 aliphatic heterocycles. The first-order valence-electron chi connectivity index (χ1n) is 4.20. The van der Waals surface area contributed by atoms with Crippen LogP contribution in [0.2, 0.25) is 0 Å². The van der Waals surface area contributed by atoms with Gasteiger partial charge in [0.15, 0.2) is 0 Å². The van der Waals surface area contributed by atoms with Gasteiger partial charge in [-0.3, -0.25) is 0 Å². The molecule has 1 rings (SSSR count). The zero-order valence-corrected chi connectivity index (χ0v) is 9.94. The van der Waals surface area contributed by atoms with Gasteiger partial charge in [0.2, 0.25) is 0 Å². The lowest BCUT2D eigenvalue weighted by Crippen LogP contribution is -2.00. The van der Waals surface area contributed by atoms with Crippen LogP contribution in [0.25, 0.3) is 0 Å². The van der Waals surface area contributed by atoms with E-state index in [-0.39, 0.29) is 5.97 Å². The van der Waals surface area contributed by atoms with E-state index < -0.39 is 5.97 Å². The van der Waals surface area contributed by atoms with Gasteiger partial charge < -0.3 is 9.47 Å². The summed E-state index contributed by atoms with van der Waals surface area (Å²) >= 11 is 0. The molecule has 0 aliphatic carbocycles. The van der Waals surface area contributed by atoms with Crippen LogP contribution in [0.1, 0.15) is 6.92 Å². The first-order valence-corrected chi connectivity index (χ1v) is 6.35. The monoisotopic (exact) mass is 246 g/mol. The Labute approximate surface area is 95.5 Å². The van der Waals surface area contributed by atoms with E-state index in [9.17, 15) is 9.59 Å². The molecule has 0 atom stereocenters. The fraction of sp³-hybridized carbons (Fsp3) is 0.333. The van der Waals surface area contributed by atoms with Gasteiger partial charge in [-0.05, 0) is 23.8 Å². The Morgan fingerprint density at radius 2 is 2.20 bits per heavy atom. The average Bonchev–Trinajstić information content (AvgIpc) is 2.65. The maximum atomic E-state index is 11.1. The van der Waals surface area contributed by atoms with E-state index >= 15 is 0 Å². The van der Waals surface area contributed by atoms with Gasteiger partial charge in [-0.1, -0.05) is 10.8 Å². The second kappa shape index (κ2) is 5.87. The van der Waals surface area contributed by atoms with Crippen LogP contribution in [0.15, 0.2) is 22.0 Å². The van der Waals surface area contributed by atoms with Gasteiger partial charge in [-0.25, -0.2) is 9.59 Å². The van der Waals surface area contributed by atoms with Crippen LogP contribution >= 0.6 is 21.6 Å². The first-order chi connectivity index (χ1) is 7.17. The smallest absolute Gasteiger partial charge is 0.345 e. The van der Waals surface area contributed by atoms with Crippen LogP contribution in [-0.2, 0) is 19.1 Å². The topological polar surface area (TPSA) is 52.6 Å². The van der Waals surface area contributed by atoms with E-state index in [2.05, 4.69) is 4.74 Å². The Bertz CT molecular complexity index is 333. The summed E-state index contributed by atoms with van der Waals surface area (Å²) < 4.78 is 9.29. The van der Waals surface area contributed by atoms with Crippen LogP contribution < -0.4 is 0 Å². The Balaban J connectivity index is 2.64. The fourth-order valence-electron chi connectivity index (χ4n) is 0.830. The van der Waals surface area contributed by atoms with Crippen LogP contribution in [0.4, 0.5) is 0 Å². The minimum atomic E-state index is -0.400. The Morgan fingerprint density at radius 3 is 2.80 bits per heavy atom. The SMILES string of the molecule is CCOC(=O)/C=C1/C=C(C(=O)OC)SS1. The Morgan fingerprint density at radius 1 is 1.47 bits per heavy atom. The van der Waals surface area contributed by atoms with Crippen molar-refractivity contribution in [1.29, 1.82) is 0 Å². The first kappa shape index (κ1) is 12.2. The molecule has 0 aromatic carbocycles. The van der Waals surface area contributed by atoms with Crippen molar-refractivity contribution >= 4 is 33.5 Å². The van der Waals surface area contributed by atoms with E-state index in [1.54, 1.807) is 13.0 Å². The molecule has 82 valence electrons. The zero-order chi connectivity index (χ0) is 11.3. The molecule has 0 saturated heterocycles. The predicted molar refractivity (Wildman–Crippen MR) is 60.0 cm³/mol. The van der Waals surface area contributed by atoms with Gasteiger partial charge in [-0.15, -0.1) is 0 Å². The third-order valence-electron chi connectivity index (χ3n) is 1.43. The molecule has 0 N–H and O–H groups in total. The largest absolute Gasteiger partial charge is 0.465 e. The number of hydrogen-bond donors (Lipinski definition) is 0. The summed E-state index contributed by atoms with van der Waals surface area (Å²) in [5.41, 5.74) is 0. The van der Waals surface area contributed by atoms with Gasteiger partial charge in [0.05, 0.1) is 13.7 Å². The second-order valence-corrected chi connectivity index (χ2v) is 4.71. The van der Waals surface area contributed by atoms with E-state index in [0.29, 0.717) is 16.4 Å². The number of allylic oxidation sites excluding steroid dienone is 1. The normalized spacial score (nSPS) is 17.5. The van der Waals surface area contributed by atoms with Crippen LogP contribution in [0, 0.1) is 0 Å². The molecule has 0 amide bonds. The second-order valence-electron chi connectivity index (χ2n) is 2.47. The maximum Gasteiger partial charge on any atom is 0.345 e. The van der Waals surface area contributed by atoms with Crippen molar-refractivity contribution in [3.05, 3.63) is 22.0 Å². The number of esters is 2. The summed E-state index contributed by atoms with van der Waals surface area (Å²) in [5, 5.41) is 0. The van der Waals surface area contributed by atoms with Crippen molar-refractivity contribution in [2.24, 2.45) is 0 Å². The molecule has 6 heteroatoms. The van der Waals surface area contributed by atoms with E-state index in [1.165, 1.54) is 34.8 Å². The van der Waals surface area contributed by atoms with E-state index in [0.717, 1.165) is 0 Å².